The van der Waals surface area contributed by atoms with E-state index in [0.29, 0.717) is 5.88 Å². The number of alkyl halides is 1. The van der Waals surface area contributed by atoms with Crippen molar-refractivity contribution in [3.8, 4) is 0 Å². The number of hydrogen-bond donors (Lipinski definition) is 0. The Hall–Kier alpha value is -0.0600. The quantitative estimate of drug-likeness (QED) is 0.797. The van der Waals surface area contributed by atoms with Crippen molar-refractivity contribution in [2.45, 2.75) is 33.2 Å². The van der Waals surface area contributed by atoms with Gasteiger partial charge >= 0.3 is 0 Å². The zero-order chi connectivity index (χ0) is 12.5. The molecule has 5 heteroatoms. The maximum atomic E-state index is 6.14. The molecule has 1 aromatic heterocycles. The minimum atomic E-state index is 0.0868. The van der Waals surface area contributed by atoms with E-state index in [9.17, 15) is 0 Å². The van der Waals surface area contributed by atoms with Crippen LogP contribution in [0.2, 0.25) is 0 Å². The van der Waals surface area contributed by atoms with Crippen molar-refractivity contribution in [1.82, 2.24) is 9.78 Å². The van der Waals surface area contributed by atoms with E-state index >= 15 is 0 Å². The Bertz CT molecular complexity index is 399. The van der Waals surface area contributed by atoms with Crippen molar-refractivity contribution in [2.75, 3.05) is 19.1 Å². The number of rotatable bonds is 4. The third-order valence-corrected chi connectivity index (χ3v) is 5.06. The van der Waals surface area contributed by atoms with Crippen LogP contribution in [0.25, 0.3) is 0 Å². The number of aromatic nitrogens is 2. The lowest BCUT2D eigenvalue weighted by molar-refractivity contribution is 0.159. The number of ether oxygens (including phenoxy) is 1. The Morgan fingerprint density at radius 1 is 1.59 bits per heavy atom. The molecule has 0 amide bonds. The van der Waals surface area contributed by atoms with Crippen LogP contribution >= 0.6 is 27.5 Å². The summed E-state index contributed by atoms with van der Waals surface area (Å²) in [7, 11) is 0. The monoisotopic (exact) mass is 320 g/mol. The Morgan fingerprint density at radius 2 is 2.35 bits per heavy atom. The fourth-order valence-corrected chi connectivity index (χ4v) is 3.06. The zero-order valence-electron chi connectivity index (χ0n) is 10.3. The van der Waals surface area contributed by atoms with Gasteiger partial charge in [-0.3, -0.25) is 4.68 Å². The predicted molar refractivity (Wildman–Crippen MR) is 72.6 cm³/mol. The van der Waals surface area contributed by atoms with E-state index in [1.54, 1.807) is 0 Å². The highest BCUT2D eigenvalue weighted by atomic mass is 79.9. The molecule has 1 saturated heterocycles. The van der Waals surface area contributed by atoms with E-state index < -0.39 is 0 Å². The van der Waals surface area contributed by atoms with Crippen LogP contribution in [-0.4, -0.2) is 28.9 Å². The molecule has 0 bridgehead atoms. The first-order chi connectivity index (χ1) is 8.12. The molecule has 1 aromatic rings. The summed E-state index contributed by atoms with van der Waals surface area (Å²) < 4.78 is 8.70. The highest BCUT2D eigenvalue weighted by Gasteiger charge is 2.36. The van der Waals surface area contributed by atoms with Gasteiger partial charge in [-0.2, -0.15) is 5.10 Å². The standard InChI is InChI=1S/C12H18BrClN2O/c1-3-16-10(11(13)9(2)15-16)6-12(7-14)4-5-17-8-12/h3-8H2,1-2H3. The number of hydrogen-bond acceptors (Lipinski definition) is 2. The SMILES string of the molecule is CCn1nc(C)c(Br)c1CC1(CCl)CCOC1. The van der Waals surface area contributed by atoms with Gasteiger partial charge in [-0.05, 0) is 42.6 Å². The third kappa shape index (κ3) is 2.54. The highest BCUT2D eigenvalue weighted by molar-refractivity contribution is 9.10. The summed E-state index contributed by atoms with van der Waals surface area (Å²) >= 11 is 9.78. The first kappa shape index (κ1) is 13.4. The van der Waals surface area contributed by atoms with Gasteiger partial charge in [-0.15, -0.1) is 11.6 Å². The lowest BCUT2D eigenvalue weighted by Gasteiger charge is -2.24. The van der Waals surface area contributed by atoms with E-state index in [1.165, 1.54) is 5.69 Å². The molecular weight excluding hydrogens is 304 g/mol. The van der Waals surface area contributed by atoms with Crippen molar-refractivity contribution in [3.05, 3.63) is 15.9 Å². The fraction of sp³-hybridized carbons (Fsp3) is 0.750. The largest absolute Gasteiger partial charge is 0.381 e. The third-order valence-electron chi connectivity index (χ3n) is 3.46. The Balaban J connectivity index is 2.28. The molecule has 1 fully saturated rings. The molecule has 1 aliphatic heterocycles. The summed E-state index contributed by atoms with van der Waals surface area (Å²) in [6.45, 7) is 6.61. The number of nitrogens with zero attached hydrogens (tertiary/aromatic N) is 2. The average molecular weight is 322 g/mol. The van der Waals surface area contributed by atoms with Crippen molar-refractivity contribution in [2.24, 2.45) is 5.41 Å². The summed E-state index contributed by atoms with van der Waals surface area (Å²) in [6, 6.07) is 0. The van der Waals surface area contributed by atoms with Gasteiger partial charge in [0.2, 0.25) is 0 Å². The van der Waals surface area contributed by atoms with E-state index in [4.69, 9.17) is 16.3 Å². The predicted octanol–water partition coefficient (Wildman–Crippen LogP) is 3.16. The van der Waals surface area contributed by atoms with Crippen LogP contribution in [0.3, 0.4) is 0 Å². The van der Waals surface area contributed by atoms with Crippen LogP contribution in [0.4, 0.5) is 0 Å². The first-order valence-corrected chi connectivity index (χ1v) is 7.30. The summed E-state index contributed by atoms with van der Waals surface area (Å²) in [5, 5.41) is 4.52. The van der Waals surface area contributed by atoms with Gasteiger partial charge in [0.05, 0.1) is 22.5 Å². The second-order valence-corrected chi connectivity index (χ2v) is 5.84. The smallest absolute Gasteiger partial charge is 0.0738 e. The van der Waals surface area contributed by atoms with Gasteiger partial charge in [0.1, 0.15) is 0 Å². The summed E-state index contributed by atoms with van der Waals surface area (Å²) in [6.07, 6.45) is 1.97. The molecule has 2 heterocycles. The van der Waals surface area contributed by atoms with Crippen molar-refractivity contribution in [3.63, 3.8) is 0 Å². The van der Waals surface area contributed by atoms with E-state index in [-0.39, 0.29) is 5.41 Å². The maximum Gasteiger partial charge on any atom is 0.0738 e. The molecule has 0 N–H and O–H groups in total. The Labute approximate surface area is 116 Å². The lowest BCUT2D eigenvalue weighted by atomic mass is 9.84. The van der Waals surface area contributed by atoms with Crippen LogP contribution < -0.4 is 0 Å². The van der Waals surface area contributed by atoms with Gasteiger partial charge in [-0.25, -0.2) is 0 Å². The van der Waals surface area contributed by atoms with Gasteiger partial charge < -0.3 is 4.74 Å². The van der Waals surface area contributed by atoms with Crippen LogP contribution in [-0.2, 0) is 17.7 Å². The molecule has 17 heavy (non-hydrogen) atoms. The molecule has 0 aromatic carbocycles. The van der Waals surface area contributed by atoms with Crippen LogP contribution in [0.15, 0.2) is 4.47 Å². The maximum absolute atomic E-state index is 6.14. The Kier molecular flexibility index (Phi) is 4.16. The molecular formula is C12H18BrClN2O. The molecule has 0 aliphatic carbocycles. The van der Waals surface area contributed by atoms with E-state index in [1.807, 2.05) is 6.92 Å². The van der Waals surface area contributed by atoms with Crippen molar-refractivity contribution in [1.29, 1.82) is 0 Å². The summed E-state index contributed by atoms with van der Waals surface area (Å²) in [4.78, 5) is 0. The molecule has 1 atom stereocenters. The molecule has 0 saturated carbocycles. The number of aryl methyl sites for hydroxylation is 2. The molecule has 1 aliphatic rings. The lowest BCUT2D eigenvalue weighted by Crippen LogP contribution is -2.27. The number of halogens is 2. The normalized spacial score (nSPS) is 24.5. The second kappa shape index (κ2) is 5.29. The van der Waals surface area contributed by atoms with E-state index in [0.717, 1.165) is 42.8 Å². The molecule has 2 rings (SSSR count). The Morgan fingerprint density at radius 3 is 2.88 bits per heavy atom. The summed E-state index contributed by atoms with van der Waals surface area (Å²) in [5.41, 5.74) is 2.38. The van der Waals surface area contributed by atoms with Gasteiger partial charge in [0.15, 0.2) is 0 Å². The van der Waals surface area contributed by atoms with Crippen molar-refractivity contribution >= 4 is 27.5 Å². The minimum absolute atomic E-state index is 0.0868. The minimum Gasteiger partial charge on any atom is -0.381 e. The van der Waals surface area contributed by atoms with Gasteiger partial charge in [0.25, 0.3) is 0 Å². The molecule has 0 radical (unpaired) electrons. The van der Waals surface area contributed by atoms with Crippen molar-refractivity contribution < 1.29 is 4.74 Å². The summed E-state index contributed by atoms with van der Waals surface area (Å²) in [5.74, 6) is 0.646. The second-order valence-electron chi connectivity index (χ2n) is 4.77. The van der Waals surface area contributed by atoms with Gasteiger partial charge in [0, 0.05) is 24.4 Å². The molecule has 96 valence electrons. The topological polar surface area (TPSA) is 27.1 Å². The van der Waals surface area contributed by atoms with Gasteiger partial charge in [-0.1, -0.05) is 0 Å². The molecule has 1 unspecified atom stereocenters. The average Bonchev–Trinajstić information content (AvgIpc) is 2.90. The molecule has 3 nitrogen and oxygen atoms in total. The fourth-order valence-electron chi connectivity index (χ4n) is 2.33. The highest BCUT2D eigenvalue weighted by Crippen LogP contribution is 2.36. The van der Waals surface area contributed by atoms with Crippen LogP contribution in [0, 0.1) is 12.3 Å². The van der Waals surface area contributed by atoms with E-state index in [2.05, 4.69) is 32.6 Å². The van der Waals surface area contributed by atoms with Crippen LogP contribution in [0.1, 0.15) is 24.7 Å². The zero-order valence-corrected chi connectivity index (χ0v) is 12.6. The van der Waals surface area contributed by atoms with Crippen LogP contribution in [0.5, 0.6) is 0 Å². The molecule has 0 spiro atoms. The first-order valence-electron chi connectivity index (χ1n) is 5.97.